The van der Waals surface area contributed by atoms with Crippen LogP contribution in [-0.2, 0) is 16.0 Å². The van der Waals surface area contributed by atoms with Crippen LogP contribution in [0.15, 0.2) is 24.3 Å². The van der Waals surface area contributed by atoms with Gasteiger partial charge in [-0.3, -0.25) is 9.59 Å². The van der Waals surface area contributed by atoms with Crippen molar-refractivity contribution in [1.29, 1.82) is 0 Å². The van der Waals surface area contributed by atoms with Gasteiger partial charge in [0.15, 0.2) is 0 Å². The van der Waals surface area contributed by atoms with Gasteiger partial charge in [0, 0.05) is 37.7 Å². The summed E-state index contributed by atoms with van der Waals surface area (Å²) in [5.74, 6) is 0.642. The van der Waals surface area contributed by atoms with E-state index in [1.807, 2.05) is 18.2 Å². The van der Waals surface area contributed by atoms with Gasteiger partial charge in [0.25, 0.3) is 0 Å². The van der Waals surface area contributed by atoms with Gasteiger partial charge in [-0.1, -0.05) is 25.1 Å². The summed E-state index contributed by atoms with van der Waals surface area (Å²) in [6.45, 7) is 4.48. The number of amides is 2. The molecule has 2 unspecified atom stereocenters. The average molecular weight is 352 g/mol. The summed E-state index contributed by atoms with van der Waals surface area (Å²) in [4.78, 5) is 26.2. The summed E-state index contributed by atoms with van der Waals surface area (Å²) in [6.07, 6.45) is 2.76. The van der Waals surface area contributed by atoms with Crippen molar-refractivity contribution in [3.63, 3.8) is 0 Å². The van der Waals surface area contributed by atoms with E-state index in [0.29, 0.717) is 25.3 Å². The van der Waals surface area contributed by atoms with Gasteiger partial charge in [0.2, 0.25) is 11.8 Å². The summed E-state index contributed by atoms with van der Waals surface area (Å²) < 4.78 is 0. The molecule has 2 N–H and O–H groups in total. The Bertz CT molecular complexity index is 593. The molecule has 2 heterocycles. The maximum absolute atomic E-state index is 12.2. The molecule has 2 aliphatic heterocycles. The predicted octanol–water partition coefficient (Wildman–Crippen LogP) is 1.89. The van der Waals surface area contributed by atoms with E-state index in [-0.39, 0.29) is 30.3 Å². The highest BCUT2D eigenvalue weighted by Crippen LogP contribution is 2.27. The van der Waals surface area contributed by atoms with E-state index in [2.05, 4.69) is 23.6 Å². The molecular weight excluding hydrogens is 326 g/mol. The highest BCUT2D eigenvalue weighted by Gasteiger charge is 2.26. The van der Waals surface area contributed by atoms with Gasteiger partial charge in [-0.15, -0.1) is 12.4 Å². The van der Waals surface area contributed by atoms with Crippen molar-refractivity contribution in [1.82, 2.24) is 10.6 Å². The Labute approximate surface area is 149 Å². The Hall–Kier alpha value is -1.59. The van der Waals surface area contributed by atoms with Crippen molar-refractivity contribution in [3.8, 4) is 0 Å². The SMILES string of the molecule is CC1CCNCC1NC(=O)CCN1C(=O)CCc2ccccc21.Cl. The molecule has 2 amide bonds. The van der Waals surface area contributed by atoms with Crippen molar-refractivity contribution in [2.24, 2.45) is 5.92 Å². The number of rotatable bonds is 4. The Morgan fingerprint density at radius 3 is 2.92 bits per heavy atom. The van der Waals surface area contributed by atoms with Gasteiger partial charge < -0.3 is 15.5 Å². The molecule has 0 saturated carbocycles. The van der Waals surface area contributed by atoms with Gasteiger partial charge in [0.05, 0.1) is 0 Å². The van der Waals surface area contributed by atoms with Gasteiger partial charge in [0.1, 0.15) is 0 Å². The van der Waals surface area contributed by atoms with E-state index in [9.17, 15) is 9.59 Å². The third-order valence-corrected chi connectivity index (χ3v) is 4.93. The normalized spacial score (nSPS) is 23.2. The fourth-order valence-electron chi connectivity index (χ4n) is 3.42. The van der Waals surface area contributed by atoms with Crippen molar-refractivity contribution < 1.29 is 9.59 Å². The van der Waals surface area contributed by atoms with E-state index in [4.69, 9.17) is 0 Å². The second kappa shape index (κ2) is 8.49. The Morgan fingerprint density at radius 1 is 1.33 bits per heavy atom. The largest absolute Gasteiger partial charge is 0.352 e. The second-order valence-electron chi connectivity index (χ2n) is 6.57. The molecule has 6 heteroatoms. The van der Waals surface area contributed by atoms with Gasteiger partial charge in [-0.2, -0.15) is 0 Å². The molecule has 1 aromatic carbocycles. The van der Waals surface area contributed by atoms with Crippen LogP contribution in [0.2, 0.25) is 0 Å². The first kappa shape index (κ1) is 18.7. The number of aryl methyl sites for hydroxylation is 1. The first-order valence-electron chi connectivity index (χ1n) is 8.53. The Morgan fingerprint density at radius 2 is 2.12 bits per heavy atom. The Kier molecular flexibility index (Phi) is 6.63. The van der Waals surface area contributed by atoms with Crippen molar-refractivity contribution >= 4 is 29.9 Å². The minimum Gasteiger partial charge on any atom is -0.352 e. The Balaban J connectivity index is 0.00000208. The highest BCUT2D eigenvalue weighted by atomic mass is 35.5. The molecular formula is C18H26ClN3O2. The van der Waals surface area contributed by atoms with E-state index < -0.39 is 0 Å². The van der Waals surface area contributed by atoms with Gasteiger partial charge >= 0.3 is 0 Å². The van der Waals surface area contributed by atoms with Crippen LogP contribution in [0.4, 0.5) is 5.69 Å². The quantitative estimate of drug-likeness (QED) is 0.870. The first-order chi connectivity index (χ1) is 11.1. The summed E-state index contributed by atoms with van der Waals surface area (Å²) >= 11 is 0. The lowest BCUT2D eigenvalue weighted by Crippen LogP contribution is -2.50. The lowest BCUT2D eigenvalue weighted by molar-refractivity contribution is -0.122. The molecule has 2 aliphatic rings. The topological polar surface area (TPSA) is 61.4 Å². The van der Waals surface area contributed by atoms with Crippen LogP contribution in [0.5, 0.6) is 0 Å². The van der Waals surface area contributed by atoms with Gasteiger partial charge in [-0.25, -0.2) is 0 Å². The number of para-hydroxylation sites is 1. The summed E-state index contributed by atoms with van der Waals surface area (Å²) in [5.41, 5.74) is 2.15. The standard InChI is InChI=1S/C18H25N3O2.ClH/c1-13-8-10-19-12-15(13)20-17(22)9-11-21-16-5-3-2-4-14(16)6-7-18(21)23;/h2-5,13,15,19H,6-12H2,1H3,(H,20,22);1H. The molecule has 1 aromatic rings. The number of carbonyl (C=O) groups is 2. The molecule has 2 atom stereocenters. The minimum atomic E-state index is 0. The number of fused-ring (bicyclic) bond motifs is 1. The number of hydrogen-bond acceptors (Lipinski definition) is 3. The maximum atomic E-state index is 12.2. The number of piperidine rings is 1. The van der Waals surface area contributed by atoms with Crippen LogP contribution in [-0.4, -0.2) is 37.5 Å². The van der Waals surface area contributed by atoms with Crippen molar-refractivity contribution in [2.45, 2.75) is 38.6 Å². The van der Waals surface area contributed by atoms with Crippen molar-refractivity contribution in [2.75, 3.05) is 24.5 Å². The zero-order valence-electron chi connectivity index (χ0n) is 14.1. The molecule has 0 bridgehead atoms. The molecule has 5 nitrogen and oxygen atoms in total. The zero-order chi connectivity index (χ0) is 16.2. The smallest absolute Gasteiger partial charge is 0.227 e. The minimum absolute atomic E-state index is 0. The maximum Gasteiger partial charge on any atom is 0.227 e. The van der Waals surface area contributed by atoms with Crippen LogP contribution in [0.1, 0.15) is 31.7 Å². The summed E-state index contributed by atoms with van der Waals surface area (Å²) in [7, 11) is 0. The van der Waals surface area contributed by atoms with Crippen LogP contribution < -0.4 is 15.5 Å². The first-order valence-corrected chi connectivity index (χ1v) is 8.53. The third kappa shape index (κ3) is 4.28. The number of nitrogens with zero attached hydrogens (tertiary/aromatic N) is 1. The number of carbonyl (C=O) groups excluding carboxylic acids is 2. The lowest BCUT2D eigenvalue weighted by Gasteiger charge is -2.31. The molecule has 0 aliphatic carbocycles. The van der Waals surface area contributed by atoms with Crippen LogP contribution in [0, 0.1) is 5.92 Å². The van der Waals surface area contributed by atoms with E-state index in [1.54, 1.807) is 4.90 Å². The van der Waals surface area contributed by atoms with Crippen LogP contribution >= 0.6 is 12.4 Å². The summed E-state index contributed by atoms with van der Waals surface area (Å²) in [5, 5.41) is 6.42. The fraction of sp³-hybridized carbons (Fsp3) is 0.556. The van der Waals surface area contributed by atoms with Gasteiger partial charge in [-0.05, 0) is 36.9 Å². The van der Waals surface area contributed by atoms with E-state index >= 15 is 0 Å². The number of nitrogens with one attached hydrogen (secondary N) is 2. The van der Waals surface area contributed by atoms with Crippen LogP contribution in [0.3, 0.4) is 0 Å². The third-order valence-electron chi connectivity index (χ3n) is 4.93. The molecule has 0 aromatic heterocycles. The van der Waals surface area contributed by atoms with Crippen LogP contribution in [0.25, 0.3) is 0 Å². The molecule has 3 rings (SSSR count). The molecule has 0 radical (unpaired) electrons. The van der Waals surface area contributed by atoms with E-state index in [1.165, 1.54) is 5.56 Å². The van der Waals surface area contributed by atoms with E-state index in [0.717, 1.165) is 31.6 Å². The highest BCUT2D eigenvalue weighted by molar-refractivity contribution is 5.97. The predicted molar refractivity (Wildman–Crippen MR) is 97.6 cm³/mol. The van der Waals surface area contributed by atoms with Crippen molar-refractivity contribution in [3.05, 3.63) is 29.8 Å². The molecule has 1 saturated heterocycles. The number of halogens is 1. The second-order valence-corrected chi connectivity index (χ2v) is 6.57. The number of benzene rings is 1. The fourth-order valence-corrected chi connectivity index (χ4v) is 3.42. The zero-order valence-corrected chi connectivity index (χ0v) is 14.9. The molecule has 132 valence electrons. The molecule has 24 heavy (non-hydrogen) atoms. The average Bonchev–Trinajstić information content (AvgIpc) is 2.56. The molecule has 1 fully saturated rings. The number of anilines is 1. The monoisotopic (exact) mass is 351 g/mol. The lowest BCUT2D eigenvalue weighted by atomic mass is 9.95. The number of hydrogen-bond donors (Lipinski definition) is 2. The molecule has 0 spiro atoms. The summed E-state index contributed by atoms with van der Waals surface area (Å²) in [6, 6.07) is 8.17.